The van der Waals surface area contributed by atoms with Crippen molar-refractivity contribution in [1.82, 2.24) is 24.7 Å². The molecule has 3 rings (SSSR count). The smallest absolute Gasteiger partial charge is 0.182 e. The number of nitrogens with zero attached hydrogens (tertiary/aromatic N) is 6. The molecule has 20 heavy (non-hydrogen) atoms. The van der Waals surface area contributed by atoms with Crippen molar-refractivity contribution in [2.24, 2.45) is 7.05 Å². The Morgan fingerprint density at radius 2 is 2.15 bits per heavy atom. The van der Waals surface area contributed by atoms with E-state index in [1.165, 1.54) is 25.5 Å². The van der Waals surface area contributed by atoms with Crippen molar-refractivity contribution in [3.05, 3.63) is 29.7 Å². The lowest BCUT2D eigenvalue weighted by Gasteiger charge is -2.24. The highest BCUT2D eigenvalue weighted by atomic mass is 15.3. The summed E-state index contributed by atoms with van der Waals surface area (Å²) in [5, 5.41) is 20.5. The van der Waals surface area contributed by atoms with Gasteiger partial charge in [0.15, 0.2) is 17.3 Å². The third-order valence-corrected chi connectivity index (χ3v) is 3.69. The quantitative estimate of drug-likeness (QED) is 0.900. The summed E-state index contributed by atoms with van der Waals surface area (Å²) in [6.45, 7) is 0.476. The van der Waals surface area contributed by atoms with Gasteiger partial charge < -0.3 is 9.88 Å². The van der Waals surface area contributed by atoms with Crippen molar-refractivity contribution < 1.29 is 0 Å². The SMILES string of the molecule is Cn1c(CNc2nccnc2C#N)nnc1C1CCC1. The van der Waals surface area contributed by atoms with Gasteiger partial charge in [0, 0.05) is 25.4 Å². The largest absolute Gasteiger partial charge is 0.360 e. The van der Waals surface area contributed by atoms with E-state index in [4.69, 9.17) is 5.26 Å². The second-order valence-corrected chi connectivity index (χ2v) is 4.88. The molecule has 0 atom stereocenters. The molecule has 0 aliphatic heterocycles. The molecule has 0 unspecified atom stereocenters. The number of hydrogen-bond acceptors (Lipinski definition) is 6. The van der Waals surface area contributed by atoms with Crippen molar-refractivity contribution in [3.8, 4) is 6.07 Å². The summed E-state index contributed by atoms with van der Waals surface area (Å²) < 4.78 is 2.03. The van der Waals surface area contributed by atoms with Crippen LogP contribution in [0.25, 0.3) is 0 Å². The molecule has 0 spiro atoms. The van der Waals surface area contributed by atoms with Crippen LogP contribution in [0.1, 0.15) is 42.5 Å². The van der Waals surface area contributed by atoms with Crippen LogP contribution in [0.2, 0.25) is 0 Å². The molecule has 2 aromatic heterocycles. The van der Waals surface area contributed by atoms with E-state index in [-0.39, 0.29) is 5.69 Å². The van der Waals surface area contributed by atoms with E-state index in [0.29, 0.717) is 18.3 Å². The number of rotatable bonds is 4. The second-order valence-electron chi connectivity index (χ2n) is 4.88. The molecule has 1 saturated carbocycles. The van der Waals surface area contributed by atoms with E-state index in [9.17, 15) is 0 Å². The van der Waals surface area contributed by atoms with Gasteiger partial charge in [-0.25, -0.2) is 9.97 Å². The van der Waals surface area contributed by atoms with Gasteiger partial charge in [0.1, 0.15) is 11.9 Å². The number of hydrogen-bond donors (Lipinski definition) is 1. The number of nitrogens with one attached hydrogen (secondary N) is 1. The van der Waals surface area contributed by atoms with Gasteiger partial charge >= 0.3 is 0 Å². The van der Waals surface area contributed by atoms with Gasteiger partial charge in [-0.1, -0.05) is 6.42 Å². The van der Waals surface area contributed by atoms with Crippen LogP contribution < -0.4 is 5.32 Å². The minimum atomic E-state index is 0.286. The molecule has 0 bridgehead atoms. The first-order valence-corrected chi connectivity index (χ1v) is 6.62. The zero-order valence-corrected chi connectivity index (χ0v) is 11.2. The molecule has 0 amide bonds. The zero-order chi connectivity index (χ0) is 13.9. The second kappa shape index (κ2) is 5.25. The Bertz CT molecular complexity index is 651. The van der Waals surface area contributed by atoms with Crippen molar-refractivity contribution in [2.45, 2.75) is 31.7 Å². The maximum Gasteiger partial charge on any atom is 0.182 e. The van der Waals surface area contributed by atoms with E-state index in [2.05, 4.69) is 25.5 Å². The Morgan fingerprint density at radius 3 is 2.85 bits per heavy atom. The van der Waals surface area contributed by atoms with Crippen molar-refractivity contribution in [1.29, 1.82) is 5.26 Å². The van der Waals surface area contributed by atoms with E-state index in [1.54, 1.807) is 6.20 Å². The maximum atomic E-state index is 8.96. The van der Waals surface area contributed by atoms with Crippen LogP contribution in [0.4, 0.5) is 5.82 Å². The molecular formula is C13H15N7. The number of nitriles is 1. The predicted molar refractivity (Wildman–Crippen MR) is 71.7 cm³/mol. The Balaban J connectivity index is 1.72. The highest BCUT2D eigenvalue weighted by molar-refractivity contribution is 5.46. The van der Waals surface area contributed by atoms with Crippen LogP contribution in [0, 0.1) is 11.3 Å². The van der Waals surface area contributed by atoms with Crippen molar-refractivity contribution in [3.63, 3.8) is 0 Å². The van der Waals surface area contributed by atoms with Gasteiger partial charge in [-0.2, -0.15) is 5.26 Å². The predicted octanol–water partition coefficient (Wildman–Crippen LogP) is 1.36. The van der Waals surface area contributed by atoms with E-state index >= 15 is 0 Å². The first kappa shape index (κ1) is 12.5. The third-order valence-electron chi connectivity index (χ3n) is 3.69. The molecule has 1 aliphatic carbocycles. The zero-order valence-electron chi connectivity index (χ0n) is 11.2. The van der Waals surface area contributed by atoms with E-state index in [1.807, 2.05) is 17.7 Å². The van der Waals surface area contributed by atoms with Crippen LogP contribution in [0.5, 0.6) is 0 Å². The summed E-state index contributed by atoms with van der Waals surface area (Å²) in [5.74, 6) is 2.91. The van der Waals surface area contributed by atoms with Crippen LogP contribution in [0.3, 0.4) is 0 Å². The van der Waals surface area contributed by atoms with Gasteiger partial charge in [0.25, 0.3) is 0 Å². The molecule has 1 fully saturated rings. The summed E-state index contributed by atoms with van der Waals surface area (Å²) in [5.41, 5.74) is 0.286. The molecule has 2 heterocycles. The van der Waals surface area contributed by atoms with Crippen molar-refractivity contribution in [2.75, 3.05) is 5.32 Å². The Hall–Kier alpha value is -2.49. The molecule has 2 aromatic rings. The monoisotopic (exact) mass is 269 g/mol. The van der Waals surface area contributed by atoms with Gasteiger partial charge in [0.2, 0.25) is 0 Å². The minimum Gasteiger partial charge on any atom is -0.360 e. The van der Waals surface area contributed by atoms with Crippen molar-refractivity contribution >= 4 is 5.82 Å². The molecule has 0 radical (unpaired) electrons. The molecule has 7 nitrogen and oxygen atoms in total. The summed E-state index contributed by atoms with van der Waals surface area (Å²) in [7, 11) is 1.98. The summed E-state index contributed by atoms with van der Waals surface area (Å²) in [6.07, 6.45) is 6.72. The maximum absolute atomic E-state index is 8.96. The lowest BCUT2D eigenvalue weighted by Crippen LogP contribution is -2.15. The minimum absolute atomic E-state index is 0.286. The van der Waals surface area contributed by atoms with E-state index < -0.39 is 0 Å². The molecule has 1 N–H and O–H groups in total. The third kappa shape index (κ3) is 2.20. The van der Waals surface area contributed by atoms with Gasteiger partial charge in [-0.15, -0.1) is 10.2 Å². The number of aromatic nitrogens is 5. The fraction of sp³-hybridized carbons (Fsp3) is 0.462. The van der Waals surface area contributed by atoms with Gasteiger partial charge in [0.05, 0.1) is 6.54 Å². The molecular weight excluding hydrogens is 254 g/mol. The van der Waals surface area contributed by atoms with Crippen LogP contribution in [-0.4, -0.2) is 24.7 Å². The molecule has 7 heteroatoms. The van der Waals surface area contributed by atoms with E-state index in [0.717, 1.165) is 11.6 Å². The Labute approximate surface area is 116 Å². The molecule has 102 valence electrons. The van der Waals surface area contributed by atoms with Gasteiger partial charge in [-0.3, -0.25) is 0 Å². The van der Waals surface area contributed by atoms with Crippen LogP contribution >= 0.6 is 0 Å². The van der Waals surface area contributed by atoms with Crippen LogP contribution in [0.15, 0.2) is 12.4 Å². The first-order chi connectivity index (χ1) is 9.79. The topological polar surface area (TPSA) is 92.3 Å². The van der Waals surface area contributed by atoms with Gasteiger partial charge in [-0.05, 0) is 12.8 Å². The summed E-state index contributed by atoms with van der Waals surface area (Å²) in [4.78, 5) is 8.07. The Kier molecular flexibility index (Phi) is 3.29. The normalized spacial score (nSPS) is 14.6. The average Bonchev–Trinajstić information content (AvgIpc) is 2.77. The molecule has 1 aliphatic rings. The average molecular weight is 269 g/mol. The molecule has 0 saturated heterocycles. The molecule has 0 aromatic carbocycles. The number of anilines is 1. The standard InChI is InChI=1S/C13H15N7/c1-20-11(18-19-13(20)9-3-2-4-9)8-17-12-10(7-14)15-5-6-16-12/h5-6,9H,2-4,8H2,1H3,(H,16,17). The first-order valence-electron chi connectivity index (χ1n) is 6.62. The lowest BCUT2D eigenvalue weighted by molar-refractivity contribution is 0.391. The summed E-state index contributed by atoms with van der Waals surface area (Å²) in [6, 6.07) is 2.01. The highest BCUT2D eigenvalue weighted by Gasteiger charge is 2.25. The van der Waals surface area contributed by atoms with Crippen LogP contribution in [-0.2, 0) is 13.6 Å². The summed E-state index contributed by atoms with van der Waals surface area (Å²) >= 11 is 0. The lowest BCUT2D eigenvalue weighted by atomic mass is 9.85. The Morgan fingerprint density at radius 1 is 1.35 bits per heavy atom. The fourth-order valence-electron chi connectivity index (χ4n) is 2.26. The fourth-order valence-corrected chi connectivity index (χ4v) is 2.26. The highest BCUT2D eigenvalue weighted by Crippen LogP contribution is 2.35.